The second-order valence-corrected chi connectivity index (χ2v) is 7.80. The van der Waals surface area contributed by atoms with Crippen LogP contribution in [0.2, 0.25) is 5.02 Å². The normalized spacial score (nSPS) is 22.5. The van der Waals surface area contributed by atoms with Crippen LogP contribution in [-0.2, 0) is 0 Å². The maximum Gasteiger partial charge on any atom is 0.325 e. The molecule has 2 aliphatic carbocycles. The highest BCUT2D eigenvalue weighted by Gasteiger charge is 2.39. The number of nitrogens with zero attached hydrogens (tertiary/aromatic N) is 3. The fourth-order valence-electron chi connectivity index (χ4n) is 4.22. The Morgan fingerprint density at radius 1 is 1.25 bits per heavy atom. The van der Waals surface area contributed by atoms with E-state index in [2.05, 4.69) is 20.6 Å². The second kappa shape index (κ2) is 8.03. The third-order valence-electron chi connectivity index (χ3n) is 5.54. The van der Waals surface area contributed by atoms with Crippen molar-refractivity contribution in [2.45, 2.75) is 25.7 Å². The number of carbonyl (C=O) groups excluding carboxylic acids is 1. The maximum atomic E-state index is 12.3. The number of anilines is 2. The topological polar surface area (TPSA) is 99.9 Å². The Kier molecular flexibility index (Phi) is 5.31. The van der Waals surface area contributed by atoms with Gasteiger partial charge < -0.3 is 10.1 Å². The molecular weight excluding hydrogens is 378 g/mol. The average molecular weight is 398 g/mol. The van der Waals surface area contributed by atoms with Gasteiger partial charge in [0.2, 0.25) is 0 Å². The summed E-state index contributed by atoms with van der Waals surface area (Å²) >= 11 is 6.09. The summed E-state index contributed by atoms with van der Waals surface area (Å²) in [6.07, 6.45) is 7.83. The minimum Gasteiger partial charge on any atom is -0.491 e. The van der Waals surface area contributed by atoms with Crippen LogP contribution in [0.15, 0.2) is 30.6 Å². The molecule has 2 aliphatic rings. The molecule has 2 fully saturated rings. The second-order valence-electron chi connectivity index (χ2n) is 7.36. The molecule has 28 heavy (non-hydrogen) atoms. The first kappa shape index (κ1) is 18.5. The van der Waals surface area contributed by atoms with Crippen molar-refractivity contribution in [3.05, 3.63) is 41.3 Å². The number of benzene rings is 1. The minimum atomic E-state index is -0.494. The summed E-state index contributed by atoms with van der Waals surface area (Å²) in [4.78, 5) is 20.1. The van der Waals surface area contributed by atoms with Gasteiger partial charge >= 0.3 is 6.03 Å². The molecule has 1 unspecified atom stereocenters. The molecule has 2 bridgehead atoms. The molecule has 3 atom stereocenters. The zero-order valence-electron chi connectivity index (χ0n) is 15.2. The van der Waals surface area contributed by atoms with Gasteiger partial charge in [0.1, 0.15) is 11.8 Å². The predicted molar refractivity (Wildman–Crippen MR) is 105 cm³/mol. The number of hydrogen-bond acceptors (Lipinski definition) is 5. The lowest BCUT2D eigenvalue weighted by Gasteiger charge is -2.22. The van der Waals surface area contributed by atoms with Crippen LogP contribution < -0.4 is 15.4 Å². The molecule has 1 aromatic heterocycles. The quantitative estimate of drug-likeness (QED) is 0.775. The number of nitriles is 1. The van der Waals surface area contributed by atoms with E-state index in [-0.39, 0.29) is 11.5 Å². The van der Waals surface area contributed by atoms with Crippen LogP contribution in [0.4, 0.5) is 16.3 Å². The van der Waals surface area contributed by atoms with E-state index < -0.39 is 6.03 Å². The lowest BCUT2D eigenvalue weighted by Crippen LogP contribution is -2.22. The Labute approximate surface area is 168 Å². The van der Waals surface area contributed by atoms with Crippen molar-refractivity contribution in [3.63, 3.8) is 0 Å². The number of ether oxygens (including phenoxy) is 1. The highest BCUT2D eigenvalue weighted by atomic mass is 35.5. The highest BCUT2D eigenvalue weighted by molar-refractivity contribution is 6.31. The molecule has 1 aromatic carbocycles. The zero-order valence-corrected chi connectivity index (χ0v) is 15.9. The molecule has 4 rings (SSSR count). The molecule has 7 nitrogen and oxygen atoms in total. The van der Waals surface area contributed by atoms with Gasteiger partial charge in [-0.15, -0.1) is 0 Å². The van der Waals surface area contributed by atoms with Crippen LogP contribution >= 0.6 is 11.6 Å². The fraction of sp³-hybridized carbons (Fsp3) is 0.400. The first-order chi connectivity index (χ1) is 13.6. The number of fused-ring (bicyclic) bond motifs is 2. The Morgan fingerprint density at radius 3 is 2.82 bits per heavy atom. The summed E-state index contributed by atoms with van der Waals surface area (Å²) < 4.78 is 6.04. The van der Waals surface area contributed by atoms with Crippen molar-refractivity contribution >= 4 is 29.1 Å². The van der Waals surface area contributed by atoms with Gasteiger partial charge in [-0.1, -0.05) is 18.0 Å². The predicted octanol–water partition coefficient (Wildman–Crippen LogP) is 4.46. The number of halogens is 1. The Hall–Kier alpha value is -2.85. The number of urea groups is 1. The van der Waals surface area contributed by atoms with E-state index in [4.69, 9.17) is 21.6 Å². The van der Waals surface area contributed by atoms with Crippen molar-refractivity contribution in [2.75, 3.05) is 17.2 Å². The van der Waals surface area contributed by atoms with Gasteiger partial charge in [-0.05, 0) is 55.2 Å². The van der Waals surface area contributed by atoms with Gasteiger partial charge in [0.25, 0.3) is 0 Å². The van der Waals surface area contributed by atoms with Gasteiger partial charge in [-0.3, -0.25) is 5.32 Å². The molecule has 0 saturated heterocycles. The van der Waals surface area contributed by atoms with Gasteiger partial charge in [0.05, 0.1) is 24.7 Å². The smallest absolute Gasteiger partial charge is 0.325 e. The van der Waals surface area contributed by atoms with Crippen molar-refractivity contribution in [2.24, 2.45) is 17.8 Å². The lowest BCUT2D eigenvalue weighted by molar-refractivity contribution is 0.196. The Morgan fingerprint density at radius 2 is 2.14 bits per heavy atom. The molecular formula is C20H20ClN5O2. The third kappa shape index (κ3) is 4.18. The zero-order chi connectivity index (χ0) is 19.5. The number of carbonyl (C=O) groups is 1. The monoisotopic (exact) mass is 397 g/mol. The van der Waals surface area contributed by atoms with E-state index in [9.17, 15) is 4.79 Å². The van der Waals surface area contributed by atoms with E-state index >= 15 is 0 Å². The number of rotatable bonds is 5. The Bertz CT molecular complexity index is 912. The highest BCUT2D eigenvalue weighted by Crippen LogP contribution is 2.48. The molecule has 2 saturated carbocycles. The van der Waals surface area contributed by atoms with Crippen LogP contribution in [0.25, 0.3) is 0 Å². The van der Waals surface area contributed by atoms with Crippen LogP contribution in [0.5, 0.6) is 5.75 Å². The molecule has 2 amide bonds. The number of nitrogens with one attached hydrogen (secondary N) is 2. The van der Waals surface area contributed by atoms with Gasteiger partial charge in [-0.2, -0.15) is 5.26 Å². The van der Waals surface area contributed by atoms with Crippen LogP contribution in [0, 0.1) is 29.1 Å². The largest absolute Gasteiger partial charge is 0.491 e. The minimum absolute atomic E-state index is 0.178. The summed E-state index contributed by atoms with van der Waals surface area (Å²) in [5.74, 6) is 3.05. The van der Waals surface area contributed by atoms with Crippen LogP contribution in [-0.4, -0.2) is 22.6 Å². The van der Waals surface area contributed by atoms with Gasteiger partial charge in [-0.25, -0.2) is 14.8 Å². The van der Waals surface area contributed by atoms with Crippen molar-refractivity contribution < 1.29 is 9.53 Å². The van der Waals surface area contributed by atoms with Crippen molar-refractivity contribution in [1.82, 2.24) is 9.97 Å². The molecule has 8 heteroatoms. The first-order valence-corrected chi connectivity index (χ1v) is 9.71. The van der Waals surface area contributed by atoms with Gasteiger partial charge in [0, 0.05) is 5.02 Å². The summed E-state index contributed by atoms with van der Waals surface area (Å²) in [5.41, 5.74) is 0.673. The summed E-state index contributed by atoms with van der Waals surface area (Å²) in [7, 11) is 0. The Balaban J connectivity index is 1.39. The molecule has 1 heterocycles. The standard InChI is InChI=1S/C20H20ClN5O2/c21-15-3-4-18(28-11-14-6-12-1-2-13(14)5-12)17(7-15)25-20(27)26-19-10-23-16(8-22)9-24-19/h3-4,7,9-10,12-14H,1-2,5-6,11H2,(H2,24,25,26,27)/t12-,13+,14?/m1/s1. The first-order valence-electron chi connectivity index (χ1n) is 9.33. The molecule has 2 N–H and O–H groups in total. The van der Waals surface area contributed by atoms with Crippen molar-refractivity contribution in [1.29, 1.82) is 5.26 Å². The molecule has 2 aromatic rings. The third-order valence-corrected chi connectivity index (χ3v) is 5.77. The summed E-state index contributed by atoms with van der Waals surface area (Å²) in [5, 5.41) is 14.6. The molecule has 0 radical (unpaired) electrons. The van der Waals surface area contributed by atoms with Gasteiger partial charge in [0.15, 0.2) is 11.5 Å². The molecule has 144 valence electrons. The van der Waals surface area contributed by atoms with E-state index in [0.29, 0.717) is 29.0 Å². The number of hydrogen-bond donors (Lipinski definition) is 2. The van der Waals surface area contributed by atoms with Crippen LogP contribution in [0.3, 0.4) is 0 Å². The maximum absolute atomic E-state index is 12.3. The number of amides is 2. The van der Waals surface area contributed by atoms with E-state index in [0.717, 1.165) is 11.8 Å². The van der Waals surface area contributed by atoms with Crippen molar-refractivity contribution in [3.8, 4) is 11.8 Å². The number of aromatic nitrogens is 2. The average Bonchev–Trinajstić information content (AvgIpc) is 3.31. The molecule has 0 spiro atoms. The fourth-order valence-corrected chi connectivity index (χ4v) is 4.40. The van der Waals surface area contributed by atoms with Crippen LogP contribution in [0.1, 0.15) is 31.4 Å². The summed E-state index contributed by atoms with van der Waals surface area (Å²) in [6.45, 7) is 0.653. The van der Waals surface area contributed by atoms with E-state index in [1.54, 1.807) is 18.2 Å². The SMILES string of the molecule is N#Cc1cnc(NC(=O)Nc2cc(Cl)ccc2OCC2C[C@@H]3CC[C@H]2C3)cn1. The summed E-state index contributed by atoms with van der Waals surface area (Å²) in [6, 6.07) is 6.55. The lowest BCUT2D eigenvalue weighted by atomic mass is 9.89. The van der Waals surface area contributed by atoms with E-state index in [1.807, 2.05) is 6.07 Å². The van der Waals surface area contributed by atoms with E-state index in [1.165, 1.54) is 38.1 Å². The molecule has 0 aliphatic heterocycles.